The normalized spacial score (nSPS) is 12.7. The van der Waals surface area contributed by atoms with E-state index in [1.807, 2.05) is 115 Å². The average Bonchev–Trinajstić information content (AvgIpc) is 2.95. The Bertz CT molecular complexity index is 1350. The van der Waals surface area contributed by atoms with Gasteiger partial charge in [0.15, 0.2) is 0 Å². The highest BCUT2D eigenvalue weighted by Crippen LogP contribution is 2.20. The quantitative estimate of drug-likeness (QED) is 0.180. The number of nitrogens with two attached hydrogens (primary N) is 1. The zero-order valence-electron chi connectivity index (χ0n) is 20.5. The fraction of sp³-hybridized carbons (Fsp3) is 0.125. The number of hydrogen-bond acceptors (Lipinski definition) is 3. The van der Waals surface area contributed by atoms with Crippen LogP contribution in [0.25, 0.3) is 17.2 Å². The van der Waals surface area contributed by atoms with Crippen LogP contribution in [0, 0.1) is 11.3 Å². The number of nitrogens with one attached hydrogen (secondary N) is 2. The van der Waals surface area contributed by atoms with Gasteiger partial charge in [0.1, 0.15) is 5.84 Å². The first-order valence-corrected chi connectivity index (χ1v) is 12.3. The summed E-state index contributed by atoms with van der Waals surface area (Å²) in [5.41, 5.74) is 10.9. The number of benzene rings is 4. The SMILES string of the molecule is N=C(N)c1cccc(C[C@@H](CO)[C@@H](/C=C/c2ccccc2)NC(=O)c2ccc(-c3ccccc3)cc2)c1. The monoisotopic (exact) mass is 489 g/mol. The molecule has 0 bridgehead atoms. The molecule has 2 atom stereocenters. The van der Waals surface area contributed by atoms with E-state index in [4.69, 9.17) is 11.1 Å². The molecule has 5 N–H and O–H groups in total. The number of aliphatic hydroxyl groups is 1. The third-order valence-corrected chi connectivity index (χ3v) is 6.33. The molecule has 0 unspecified atom stereocenters. The van der Waals surface area contributed by atoms with Crippen molar-refractivity contribution >= 4 is 17.8 Å². The van der Waals surface area contributed by atoms with E-state index in [2.05, 4.69) is 5.32 Å². The van der Waals surface area contributed by atoms with Crippen LogP contribution in [0.2, 0.25) is 0 Å². The lowest BCUT2D eigenvalue weighted by Gasteiger charge is -2.25. The Morgan fingerprint density at radius 1 is 0.838 bits per heavy atom. The summed E-state index contributed by atoms with van der Waals surface area (Å²) in [7, 11) is 0. The summed E-state index contributed by atoms with van der Waals surface area (Å²) in [6.07, 6.45) is 4.40. The maximum Gasteiger partial charge on any atom is 0.251 e. The van der Waals surface area contributed by atoms with Crippen LogP contribution in [-0.4, -0.2) is 29.5 Å². The minimum Gasteiger partial charge on any atom is -0.396 e. The fourth-order valence-electron chi connectivity index (χ4n) is 4.26. The molecule has 0 aromatic heterocycles. The third-order valence-electron chi connectivity index (χ3n) is 6.33. The van der Waals surface area contributed by atoms with Gasteiger partial charge in [0.2, 0.25) is 0 Å². The van der Waals surface area contributed by atoms with Gasteiger partial charge < -0.3 is 16.2 Å². The number of rotatable bonds is 10. The average molecular weight is 490 g/mol. The van der Waals surface area contributed by atoms with E-state index in [9.17, 15) is 9.90 Å². The molecule has 5 heteroatoms. The second-order valence-electron chi connectivity index (χ2n) is 8.97. The molecule has 186 valence electrons. The highest BCUT2D eigenvalue weighted by atomic mass is 16.3. The van der Waals surface area contributed by atoms with Crippen molar-refractivity contribution in [2.24, 2.45) is 11.7 Å². The zero-order valence-corrected chi connectivity index (χ0v) is 20.5. The van der Waals surface area contributed by atoms with Gasteiger partial charge >= 0.3 is 0 Å². The van der Waals surface area contributed by atoms with Crippen molar-refractivity contribution in [1.29, 1.82) is 5.41 Å². The molecule has 0 spiro atoms. The van der Waals surface area contributed by atoms with Gasteiger partial charge in [-0.1, -0.05) is 103 Å². The van der Waals surface area contributed by atoms with E-state index in [1.54, 1.807) is 6.07 Å². The van der Waals surface area contributed by atoms with Crippen molar-refractivity contribution in [2.75, 3.05) is 6.61 Å². The molecule has 0 aliphatic heterocycles. The number of amidine groups is 1. The predicted octanol–water partition coefficient (Wildman–Crippen LogP) is 5.30. The van der Waals surface area contributed by atoms with E-state index in [1.165, 1.54) is 0 Å². The number of carbonyl (C=O) groups excluding carboxylic acids is 1. The van der Waals surface area contributed by atoms with Crippen molar-refractivity contribution in [1.82, 2.24) is 5.32 Å². The number of hydrogen-bond donors (Lipinski definition) is 4. The van der Waals surface area contributed by atoms with Crippen LogP contribution in [-0.2, 0) is 6.42 Å². The molecule has 0 heterocycles. The number of carbonyl (C=O) groups is 1. The predicted molar refractivity (Wildman–Crippen MR) is 150 cm³/mol. The maximum absolute atomic E-state index is 13.3. The molecule has 4 aromatic carbocycles. The van der Waals surface area contributed by atoms with E-state index in [-0.39, 0.29) is 24.3 Å². The molecule has 0 aliphatic carbocycles. The van der Waals surface area contributed by atoms with Gasteiger partial charge in [-0.25, -0.2) is 0 Å². The number of aliphatic hydroxyl groups excluding tert-OH is 1. The summed E-state index contributed by atoms with van der Waals surface area (Å²) in [6.45, 7) is -0.124. The second-order valence-corrected chi connectivity index (χ2v) is 8.97. The van der Waals surface area contributed by atoms with Crippen molar-refractivity contribution in [3.05, 3.63) is 138 Å². The maximum atomic E-state index is 13.3. The molecule has 4 aromatic rings. The molecular weight excluding hydrogens is 458 g/mol. The van der Waals surface area contributed by atoms with Gasteiger partial charge in [-0.3, -0.25) is 10.2 Å². The first-order chi connectivity index (χ1) is 18.0. The smallest absolute Gasteiger partial charge is 0.251 e. The minimum absolute atomic E-state index is 0.00447. The number of nitrogen functional groups attached to an aromatic ring is 1. The Morgan fingerprint density at radius 3 is 2.14 bits per heavy atom. The highest BCUT2D eigenvalue weighted by molar-refractivity contribution is 5.95. The minimum atomic E-state index is -0.424. The van der Waals surface area contributed by atoms with E-state index < -0.39 is 6.04 Å². The lowest BCUT2D eigenvalue weighted by atomic mass is 9.91. The van der Waals surface area contributed by atoms with Crippen LogP contribution in [0.3, 0.4) is 0 Å². The Morgan fingerprint density at radius 2 is 1.49 bits per heavy atom. The van der Waals surface area contributed by atoms with Gasteiger partial charge in [0.05, 0.1) is 6.04 Å². The molecule has 0 aliphatic rings. The van der Waals surface area contributed by atoms with Gasteiger partial charge in [0.25, 0.3) is 5.91 Å². The molecule has 37 heavy (non-hydrogen) atoms. The Hall–Kier alpha value is -4.48. The van der Waals surface area contributed by atoms with E-state index in [0.717, 1.165) is 22.3 Å². The topological polar surface area (TPSA) is 99.2 Å². The molecule has 0 saturated carbocycles. The standard InChI is InChI=1S/C32H31N3O2/c33-31(34)28-13-7-10-24(20-28)21-29(22-36)30(19-14-23-8-3-1-4-9-23)35-32(37)27-17-15-26(16-18-27)25-11-5-2-6-12-25/h1-20,29-30,36H,21-22H2,(H3,33,34)(H,35,37)/b19-14+/t29-,30+/m0/s1. The fourth-order valence-corrected chi connectivity index (χ4v) is 4.26. The van der Waals surface area contributed by atoms with Crippen LogP contribution >= 0.6 is 0 Å². The van der Waals surface area contributed by atoms with Crippen LogP contribution in [0.4, 0.5) is 0 Å². The molecule has 0 fully saturated rings. The number of amides is 1. The van der Waals surface area contributed by atoms with Crippen LogP contribution in [0.5, 0.6) is 0 Å². The Kier molecular flexibility index (Phi) is 8.63. The molecule has 4 rings (SSSR count). The van der Waals surface area contributed by atoms with Crippen LogP contribution in [0.15, 0.2) is 115 Å². The van der Waals surface area contributed by atoms with E-state index >= 15 is 0 Å². The van der Waals surface area contributed by atoms with Crippen LogP contribution in [0.1, 0.15) is 27.0 Å². The van der Waals surface area contributed by atoms with Crippen molar-refractivity contribution in [3.63, 3.8) is 0 Å². The van der Waals surface area contributed by atoms with Gasteiger partial charge in [-0.05, 0) is 46.9 Å². The van der Waals surface area contributed by atoms with Gasteiger partial charge in [0, 0.05) is 23.7 Å². The summed E-state index contributed by atoms with van der Waals surface area (Å²) in [6, 6.07) is 34.4. The van der Waals surface area contributed by atoms with Gasteiger partial charge in [-0.15, -0.1) is 0 Å². The van der Waals surface area contributed by atoms with Crippen molar-refractivity contribution in [3.8, 4) is 11.1 Å². The summed E-state index contributed by atoms with van der Waals surface area (Å²) in [5, 5.41) is 21.2. The van der Waals surface area contributed by atoms with Gasteiger partial charge in [-0.2, -0.15) is 0 Å². The molecule has 0 saturated heterocycles. The zero-order chi connectivity index (χ0) is 26.0. The molecular formula is C32H31N3O2. The van der Waals surface area contributed by atoms with Crippen LogP contribution < -0.4 is 11.1 Å². The largest absolute Gasteiger partial charge is 0.396 e. The Labute approximate surface area is 217 Å². The lowest BCUT2D eigenvalue weighted by molar-refractivity contribution is 0.0921. The Balaban J connectivity index is 1.56. The van der Waals surface area contributed by atoms with Crippen molar-refractivity contribution in [2.45, 2.75) is 12.5 Å². The first kappa shape index (κ1) is 25.6. The summed E-state index contributed by atoms with van der Waals surface area (Å²) in [4.78, 5) is 13.3. The second kappa shape index (κ2) is 12.5. The molecule has 0 radical (unpaired) electrons. The first-order valence-electron chi connectivity index (χ1n) is 12.3. The molecule has 5 nitrogen and oxygen atoms in total. The lowest BCUT2D eigenvalue weighted by Crippen LogP contribution is -2.41. The highest BCUT2D eigenvalue weighted by Gasteiger charge is 2.22. The summed E-state index contributed by atoms with van der Waals surface area (Å²) < 4.78 is 0. The van der Waals surface area contributed by atoms with E-state index in [0.29, 0.717) is 17.5 Å². The molecule has 1 amide bonds. The summed E-state index contributed by atoms with van der Waals surface area (Å²) in [5.74, 6) is -0.497. The third kappa shape index (κ3) is 7.03. The summed E-state index contributed by atoms with van der Waals surface area (Å²) >= 11 is 0. The van der Waals surface area contributed by atoms with Crippen molar-refractivity contribution < 1.29 is 9.90 Å².